The van der Waals surface area contributed by atoms with E-state index >= 15 is 0 Å². The van der Waals surface area contributed by atoms with Gasteiger partial charge in [-0.1, -0.05) is 39.0 Å². The van der Waals surface area contributed by atoms with E-state index in [1.165, 1.54) is 32.1 Å². The Hall–Kier alpha value is -0.570. The van der Waals surface area contributed by atoms with E-state index < -0.39 is 11.5 Å². The van der Waals surface area contributed by atoms with Gasteiger partial charge in [-0.2, -0.15) is 0 Å². The van der Waals surface area contributed by atoms with Crippen LogP contribution in [0.4, 0.5) is 0 Å². The Morgan fingerprint density at radius 3 is 2.47 bits per heavy atom. The lowest BCUT2D eigenvalue weighted by Gasteiger charge is -2.27. The molecule has 0 amide bonds. The van der Waals surface area contributed by atoms with Crippen LogP contribution in [0.15, 0.2) is 0 Å². The van der Waals surface area contributed by atoms with Gasteiger partial charge < -0.3 is 10.8 Å². The van der Waals surface area contributed by atoms with Crippen LogP contribution in [0.5, 0.6) is 0 Å². The van der Waals surface area contributed by atoms with Gasteiger partial charge in [0.2, 0.25) is 0 Å². The van der Waals surface area contributed by atoms with Crippen molar-refractivity contribution in [2.75, 3.05) is 0 Å². The largest absolute Gasteiger partial charge is 0.480 e. The zero-order valence-electron chi connectivity index (χ0n) is 9.67. The molecule has 1 saturated carbocycles. The average molecular weight is 213 g/mol. The fraction of sp³-hybridized carbons (Fsp3) is 0.917. The summed E-state index contributed by atoms with van der Waals surface area (Å²) in [4.78, 5) is 11.0. The summed E-state index contributed by atoms with van der Waals surface area (Å²) in [5.74, 6) is -0.131. The van der Waals surface area contributed by atoms with E-state index in [0.29, 0.717) is 18.8 Å². The van der Waals surface area contributed by atoms with Gasteiger partial charge in [0.05, 0.1) is 0 Å². The number of hydrogen-bond donors (Lipinski definition) is 2. The minimum atomic E-state index is -0.989. The average Bonchev–Trinajstić information content (AvgIpc) is 2.27. The molecule has 1 aliphatic carbocycles. The molecule has 1 atom stereocenters. The van der Waals surface area contributed by atoms with Gasteiger partial charge in [-0.3, -0.25) is 4.79 Å². The molecule has 15 heavy (non-hydrogen) atoms. The van der Waals surface area contributed by atoms with Gasteiger partial charge in [0.25, 0.3) is 0 Å². The second-order valence-electron chi connectivity index (χ2n) is 4.86. The second-order valence-corrected chi connectivity index (χ2v) is 4.86. The van der Waals surface area contributed by atoms with Crippen LogP contribution in [0, 0.1) is 5.92 Å². The van der Waals surface area contributed by atoms with Crippen LogP contribution in [-0.4, -0.2) is 16.6 Å². The Balaban J connectivity index is 2.36. The second kappa shape index (κ2) is 5.50. The predicted molar refractivity (Wildman–Crippen MR) is 60.7 cm³/mol. The molecule has 0 bridgehead atoms. The molecule has 88 valence electrons. The van der Waals surface area contributed by atoms with Crippen LogP contribution in [0.2, 0.25) is 0 Å². The fourth-order valence-electron chi connectivity index (χ4n) is 2.37. The van der Waals surface area contributed by atoms with E-state index in [2.05, 4.69) is 0 Å². The monoisotopic (exact) mass is 213 g/mol. The van der Waals surface area contributed by atoms with Gasteiger partial charge in [0.1, 0.15) is 5.54 Å². The van der Waals surface area contributed by atoms with Crippen LogP contribution < -0.4 is 5.73 Å². The lowest BCUT2D eigenvalue weighted by Crippen LogP contribution is -2.47. The highest BCUT2D eigenvalue weighted by atomic mass is 16.4. The first-order valence-corrected chi connectivity index (χ1v) is 6.11. The van der Waals surface area contributed by atoms with Gasteiger partial charge in [-0.15, -0.1) is 0 Å². The van der Waals surface area contributed by atoms with Crippen LogP contribution in [0.25, 0.3) is 0 Å². The summed E-state index contributed by atoms with van der Waals surface area (Å²) < 4.78 is 0. The number of carbonyl (C=O) groups is 1. The number of carboxylic acid groups (broad SMARTS) is 1. The zero-order valence-corrected chi connectivity index (χ0v) is 9.67. The molecule has 0 spiro atoms. The predicted octanol–water partition coefficient (Wildman–Crippen LogP) is 2.54. The summed E-state index contributed by atoms with van der Waals surface area (Å²) in [6.45, 7) is 1.86. The van der Waals surface area contributed by atoms with Crippen molar-refractivity contribution in [1.82, 2.24) is 0 Å². The molecule has 1 rings (SSSR count). The maximum absolute atomic E-state index is 11.0. The van der Waals surface area contributed by atoms with E-state index in [1.54, 1.807) is 0 Å². The molecule has 0 aromatic rings. The van der Waals surface area contributed by atoms with E-state index in [4.69, 9.17) is 10.8 Å². The standard InChI is InChI=1S/C12H23NO2/c1-2-12(13,11(14)15)9-8-10-6-4-3-5-7-10/h10H,2-9,13H2,1H3,(H,14,15)/t12-/m0/s1. The molecule has 3 heteroatoms. The molecule has 0 unspecified atom stereocenters. The smallest absolute Gasteiger partial charge is 0.323 e. The van der Waals surface area contributed by atoms with Crippen LogP contribution in [0.1, 0.15) is 58.3 Å². The normalized spacial score (nSPS) is 22.3. The Labute approximate surface area is 92.0 Å². The third-order valence-corrected chi connectivity index (χ3v) is 3.78. The highest BCUT2D eigenvalue weighted by molar-refractivity contribution is 5.78. The lowest BCUT2D eigenvalue weighted by molar-refractivity contribution is -0.143. The maximum atomic E-state index is 11.0. The molecule has 0 heterocycles. The quantitative estimate of drug-likeness (QED) is 0.737. The number of carboxylic acids is 1. The minimum absolute atomic E-state index is 0.523. The van der Waals surface area contributed by atoms with Gasteiger partial charge in [0, 0.05) is 0 Å². The van der Waals surface area contributed by atoms with Crippen LogP contribution >= 0.6 is 0 Å². The third kappa shape index (κ3) is 3.49. The molecule has 3 N–H and O–H groups in total. The number of nitrogens with two attached hydrogens (primary N) is 1. The first-order chi connectivity index (χ1) is 7.08. The molecule has 1 fully saturated rings. The summed E-state index contributed by atoms with van der Waals surface area (Å²) in [6.07, 6.45) is 8.62. The number of aliphatic carboxylic acids is 1. The Bertz CT molecular complexity index is 212. The first-order valence-electron chi connectivity index (χ1n) is 6.11. The van der Waals surface area contributed by atoms with Gasteiger partial charge in [-0.25, -0.2) is 0 Å². The zero-order chi connectivity index (χ0) is 11.3. The number of rotatable bonds is 5. The molecule has 0 aromatic heterocycles. The summed E-state index contributed by atoms with van der Waals surface area (Å²) >= 11 is 0. The highest BCUT2D eigenvalue weighted by Crippen LogP contribution is 2.29. The Morgan fingerprint density at radius 1 is 1.40 bits per heavy atom. The lowest BCUT2D eigenvalue weighted by atomic mass is 9.81. The summed E-state index contributed by atoms with van der Waals surface area (Å²) in [7, 11) is 0. The van der Waals surface area contributed by atoms with Crippen molar-refractivity contribution in [2.24, 2.45) is 11.7 Å². The van der Waals surface area contributed by atoms with Gasteiger partial charge in [-0.05, 0) is 25.2 Å². The summed E-state index contributed by atoms with van der Waals surface area (Å²) in [6, 6.07) is 0. The molecule has 0 aliphatic heterocycles. The van der Waals surface area contributed by atoms with Crippen molar-refractivity contribution in [3.05, 3.63) is 0 Å². The molecule has 0 radical (unpaired) electrons. The maximum Gasteiger partial charge on any atom is 0.323 e. The highest BCUT2D eigenvalue weighted by Gasteiger charge is 2.32. The Kier molecular flexibility index (Phi) is 4.58. The summed E-state index contributed by atoms with van der Waals surface area (Å²) in [5, 5.41) is 9.04. The van der Waals surface area contributed by atoms with Crippen molar-refractivity contribution in [1.29, 1.82) is 0 Å². The van der Waals surface area contributed by atoms with E-state index in [9.17, 15) is 4.79 Å². The fourth-order valence-corrected chi connectivity index (χ4v) is 2.37. The van der Waals surface area contributed by atoms with E-state index in [-0.39, 0.29) is 0 Å². The third-order valence-electron chi connectivity index (χ3n) is 3.78. The van der Waals surface area contributed by atoms with Crippen LogP contribution in [0.3, 0.4) is 0 Å². The molecule has 0 saturated heterocycles. The SMILES string of the molecule is CC[C@](N)(CCC1CCCCC1)C(=O)O. The van der Waals surface area contributed by atoms with E-state index in [1.807, 2.05) is 6.92 Å². The summed E-state index contributed by atoms with van der Waals surface area (Å²) in [5.41, 5.74) is 4.87. The van der Waals surface area contributed by atoms with Crippen molar-refractivity contribution in [2.45, 2.75) is 63.8 Å². The van der Waals surface area contributed by atoms with Crippen molar-refractivity contribution >= 4 is 5.97 Å². The Morgan fingerprint density at radius 2 is 2.00 bits per heavy atom. The van der Waals surface area contributed by atoms with E-state index in [0.717, 1.165) is 6.42 Å². The molecular weight excluding hydrogens is 190 g/mol. The number of hydrogen-bond acceptors (Lipinski definition) is 2. The van der Waals surface area contributed by atoms with Crippen molar-refractivity contribution in [3.8, 4) is 0 Å². The van der Waals surface area contributed by atoms with Gasteiger partial charge in [0.15, 0.2) is 0 Å². The molecular formula is C12H23NO2. The molecule has 0 aromatic carbocycles. The van der Waals surface area contributed by atoms with Gasteiger partial charge >= 0.3 is 5.97 Å². The molecule has 3 nitrogen and oxygen atoms in total. The van der Waals surface area contributed by atoms with Crippen molar-refractivity contribution in [3.63, 3.8) is 0 Å². The molecule has 1 aliphatic rings. The van der Waals surface area contributed by atoms with Crippen LogP contribution in [-0.2, 0) is 4.79 Å². The van der Waals surface area contributed by atoms with Crippen molar-refractivity contribution < 1.29 is 9.90 Å². The topological polar surface area (TPSA) is 63.3 Å². The minimum Gasteiger partial charge on any atom is -0.480 e. The first kappa shape index (κ1) is 12.5.